The number of rotatable bonds is 1. The summed E-state index contributed by atoms with van der Waals surface area (Å²) in [6.07, 6.45) is -4.34. The van der Waals surface area contributed by atoms with Gasteiger partial charge in [-0.05, 0) is 18.2 Å². The molecule has 0 aliphatic heterocycles. The van der Waals surface area contributed by atoms with Gasteiger partial charge in [-0.1, -0.05) is 15.9 Å². The van der Waals surface area contributed by atoms with Gasteiger partial charge >= 0.3 is 6.18 Å². The number of halogens is 4. The summed E-state index contributed by atoms with van der Waals surface area (Å²) in [5.74, 6) is 0. The summed E-state index contributed by atoms with van der Waals surface area (Å²) in [6, 6.07) is 3.76. The van der Waals surface area contributed by atoms with Gasteiger partial charge in [-0.25, -0.2) is 4.98 Å². The molecule has 0 aliphatic rings. The Balaban J connectivity index is 2.53. The number of thiazole rings is 1. The maximum atomic E-state index is 12.6. The van der Waals surface area contributed by atoms with Crippen molar-refractivity contribution in [3.8, 4) is 11.3 Å². The van der Waals surface area contributed by atoms with Crippen LogP contribution in [0.25, 0.3) is 11.3 Å². The molecule has 0 spiro atoms. The number of hydrogen-bond donors (Lipinski definition) is 0. The second-order valence-electron chi connectivity index (χ2n) is 3.10. The molecule has 0 radical (unpaired) electrons. The summed E-state index contributed by atoms with van der Waals surface area (Å²) < 4.78 is 38.0. The van der Waals surface area contributed by atoms with Crippen molar-refractivity contribution in [2.45, 2.75) is 6.18 Å². The van der Waals surface area contributed by atoms with E-state index < -0.39 is 11.7 Å². The average molecular weight is 308 g/mol. The van der Waals surface area contributed by atoms with E-state index in [0.717, 1.165) is 12.1 Å². The van der Waals surface area contributed by atoms with E-state index >= 15 is 0 Å². The van der Waals surface area contributed by atoms with Gasteiger partial charge in [0, 0.05) is 15.4 Å². The van der Waals surface area contributed by atoms with Crippen molar-refractivity contribution in [1.29, 1.82) is 0 Å². The second-order valence-corrected chi connectivity index (χ2v) is 4.73. The maximum Gasteiger partial charge on any atom is 0.416 e. The molecule has 0 unspecified atom stereocenters. The minimum atomic E-state index is -4.34. The normalized spacial score (nSPS) is 11.8. The Bertz CT molecular complexity index is 493. The molecule has 0 saturated heterocycles. The summed E-state index contributed by atoms with van der Waals surface area (Å²) >= 11 is 4.41. The van der Waals surface area contributed by atoms with Crippen LogP contribution in [0.2, 0.25) is 0 Å². The first kappa shape index (κ1) is 11.6. The van der Waals surface area contributed by atoms with Gasteiger partial charge in [-0.15, -0.1) is 11.3 Å². The largest absolute Gasteiger partial charge is 0.416 e. The molecule has 2 rings (SSSR count). The van der Waals surface area contributed by atoms with Gasteiger partial charge in [0.15, 0.2) is 0 Å². The fourth-order valence-corrected chi connectivity index (χ4v) is 2.31. The molecule has 6 heteroatoms. The van der Waals surface area contributed by atoms with Gasteiger partial charge in [-0.3, -0.25) is 0 Å². The van der Waals surface area contributed by atoms with E-state index in [2.05, 4.69) is 20.9 Å². The quantitative estimate of drug-likeness (QED) is 0.751. The number of nitrogens with zero attached hydrogens (tertiary/aromatic N) is 1. The molecular weight excluding hydrogens is 303 g/mol. The number of alkyl halides is 3. The Morgan fingerprint density at radius 3 is 2.50 bits per heavy atom. The van der Waals surface area contributed by atoms with Crippen LogP contribution >= 0.6 is 27.3 Å². The van der Waals surface area contributed by atoms with Crippen molar-refractivity contribution in [2.24, 2.45) is 0 Å². The molecule has 0 atom stereocenters. The van der Waals surface area contributed by atoms with Gasteiger partial charge in [-0.2, -0.15) is 13.2 Å². The summed E-state index contributed by atoms with van der Waals surface area (Å²) in [7, 11) is 0. The molecule has 1 heterocycles. The van der Waals surface area contributed by atoms with Crippen molar-refractivity contribution >= 4 is 27.3 Å². The standard InChI is InChI=1S/C10H5BrF3NS/c11-8-2-6(9-4-16-5-15-9)1-7(3-8)10(12,13)14/h1-5H. The summed E-state index contributed by atoms with van der Waals surface area (Å²) in [6.45, 7) is 0. The third-order valence-corrected chi connectivity index (χ3v) is 3.00. The summed E-state index contributed by atoms with van der Waals surface area (Å²) in [5, 5.41) is 1.71. The van der Waals surface area contributed by atoms with Crippen LogP contribution in [0, 0.1) is 0 Å². The smallest absolute Gasteiger partial charge is 0.245 e. The van der Waals surface area contributed by atoms with E-state index in [4.69, 9.17) is 0 Å². The van der Waals surface area contributed by atoms with Crippen molar-refractivity contribution in [3.63, 3.8) is 0 Å². The third kappa shape index (κ3) is 2.44. The topological polar surface area (TPSA) is 12.9 Å². The van der Waals surface area contributed by atoms with Crippen molar-refractivity contribution < 1.29 is 13.2 Å². The van der Waals surface area contributed by atoms with E-state index in [1.165, 1.54) is 11.3 Å². The molecule has 0 amide bonds. The first-order valence-electron chi connectivity index (χ1n) is 4.23. The van der Waals surface area contributed by atoms with E-state index in [0.29, 0.717) is 15.7 Å². The zero-order valence-electron chi connectivity index (χ0n) is 7.75. The first-order valence-corrected chi connectivity index (χ1v) is 5.97. The van der Waals surface area contributed by atoms with Crippen LogP contribution in [0.3, 0.4) is 0 Å². The predicted molar refractivity (Wildman–Crippen MR) is 60.3 cm³/mol. The molecule has 1 aromatic carbocycles. The molecule has 1 nitrogen and oxygen atoms in total. The number of aromatic nitrogens is 1. The van der Waals surface area contributed by atoms with Crippen molar-refractivity contribution in [3.05, 3.63) is 39.1 Å². The van der Waals surface area contributed by atoms with Gasteiger partial charge < -0.3 is 0 Å². The highest BCUT2D eigenvalue weighted by Gasteiger charge is 2.31. The molecule has 16 heavy (non-hydrogen) atoms. The van der Waals surface area contributed by atoms with Crippen LogP contribution in [-0.2, 0) is 6.18 Å². The summed E-state index contributed by atoms with van der Waals surface area (Å²) in [5.41, 5.74) is 1.92. The van der Waals surface area contributed by atoms with Crippen LogP contribution in [0.15, 0.2) is 33.6 Å². The predicted octanol–water partition coefficient (Wildman–Crippen LogP) is 4.59. The number of hydrogen-bond acceptors (Lipinski definition) is 2. The molecule has 0 N–H and O–H groups in total. The minimum Gasteiger partial charge on any atom is -0.245 e. The van der Waals surface area contributed by atoms with E-state index in [-0.39, 0.29) is 0 Å². The molecule has 0 saturated carbocycles. The fraction of sp³-hybridized carbons (Fsp3) is 0.100. The minimum absolute atomic E-state index is 0.394. The third-order valence-electron chi connectivity index (χ3n) is 1.95. The highest BCUT2D eigenvalue weighted by molar-refractivity contribution is 9.10. The van der Waals surface area contributed by atoms with Gasteiger partial charge in [0.25, 0.3) is 0 Å². The molecule has 2 aromatic rings. The molecule has 0 fully saturated rings. The maximum absolute atomic E-state index is 12.6. The Kier molecular flexibility index (Phi) is 3.03. The van der Waals surface area contributed by atoms with Gasteiger partial charge in [0.2, 0.25) is 0 Å². The lowest BCUT2D eigenvalue weighted by atomic mass is 10.1. The van der Waals surface area contributed by atoms with Crippen LogP contribution in [0.1, 0.15) is 5.56 Å². The highest BCUT2D eigenvalue weighted by atomic mass is 79.9. The lowest BCUT2D eigenvalue weighted by Crippen LogP contribution is -2.04. The molecule has 0 bridgehead atoms. The van der Waals surface area contributed by atoms with E-state index in [9.17, 15) is 13.2 Å². The zero-order chi connectivity index (χ0) is 11.8. The summed E-state index contributed by atoms with van der Waals surface area (Å²) in [4.78, 5) is 3.98. The Morgan fingerprint density at radius 1 is 1.19 bits per heavy atom. The van der Waals surface area contributed by atoms with Gasteiger partial charge in [0.1, 0.15) is 0 Å². The zero-order valence-corrected chi connectivity index (χ0v) is 10.2. The molecule has 84 valence electrons. The Hall–Kier alpha value is -0.880. The van der Waals surface area contributed by atoms with Crippen LogP contribution in [-0.4, -0.2) is 4.98 Å². The second kappa shape index (κ2) is 4.18. The van der Waals surface area contributed by atoms with Crippen LogP contribution < -0.4 is 0 Å². The first-order chi connectivity index (χ1) is 7.47. The number of benzene rings is 1. The van der Waals surface area contributed by atoms with Crippen LogP contribution in [0.5, 0.6) is 0 Å². The van der Waals surface area contributed by atoms with E-state index in [1.807, 2.05) is 0 Å². The fourth-order valence-electron chi connectivity index (χ4n) is 1.26. The highest BCUT2D eigenvalue weighted by Crippen LogP contribution is 2.34. The van der Waals surface area contributed by atoms with Gasteiger partial charge in [0.05, 0.1) is 16.8 Å². The average Bonchev–Trinajstić information content (AvgIpc) is 2.68. The lowest BCUT2D eigenvalue weighted by Gasteiger charge is -2.08. The van der Waals surface area contributed by atoms with Crippen molar-refractivity contribution in [1.82, 2.24) is 4.98 Å². The molecular formula is C10H5BrF3NS. The lowest BCUT2D eigenvalue weighted by molar-refractivity contribution is -0.137. The van der Waals surface area contributed by atoms with E-state index in [1.54, 1.807) is 17.0 Å². The Labute approximate surface area is 102 Å². The monoisotopic (exact) mass is 307 g/mol. The SMILES string of the molecule is FC(F)(F)c1cc(Br)cc(-c2cscn2)c1. The molecule has 0 aliphatic carbocycles. The van der Waals surface area contributed by atoms with Crippen LogP contribution in [0.4, 0.5) is 13.2 Å². The Morgan fingerprint density at radius 2 is 1.94 bits per heavy atom. The van der Waals surface area contributed by atoms with Crippen molar-refractivity contribution in [2.75, 3.05) is 0 Å². The molecule has 1 aromatic heterocycles.